The van der Waals surface area contributed by atoms with E-state index in [1.54, 1.807) is 18.2 Å². The molecule has 0 fully saturated rings. The summed E-state index contributed by atoms with van der Waals surface area (Å²) in [6, 6.07) is 5.06. The van der Waals surface area contributed by atoms with Gasteiger partial charge < -0.3 is 9.84 Å². The number of thiocarbonyl (C=S) groups is 1. The molecule has 80 valence electrons. The van der Waals surface area contributed by atoms with Crippen LogP contribution in [0.4, 0.5) is 0 Å². The van der Waals surface area contributed by atoms with Crippen LogP contribution in [0.5, 0.6) is 11.5 Å². The first-order valence-corrected chi connectivity index (χ1v) is 4.50. The summed E-state index contributed by atoms with van der Waals surface area (Å²) >= 11 is 4.71. The topological polar surface area (TPSA) is 79.9 Å². The Kier molecular flexibility index (Phi) is 4.02. The van der Waals surface area contributed by atoms with Gasteiger partial charge in [0.25, 0.3) is 0 Å². The van der Waals surface area contributed by atoms with E-state index >= 15 is 0 Å². The van der Waals surface area contributed by atoms with Crippen molar-refractivity contribution >= 4 is 23.5 Å². The van der Waals surface area contributed by atoms with Crippen LogP contribution in [0.25, 0.3) is 0 Å². The second-order valence-corrected chi connectivity index (χ2v) is 2.99. The minimum atomic E-state index is 0.0172. The maximum Gasteiger partial charge on any atom is 0.207 e. The number of nitrogens with one attached hydrogen (secondary N) is 1. The number of nitrogens with zero attached hydrogens (tertiary/aromatic N) is 1. The first kappa shape index (κ1) is 11.4. The maximum atomic E-state index is 9.66. The van der Waals surface area contributed by atoms with Crippen molar-refractivity contribution in [3.05, 3.63) is 23.8 Å². The lowest BCUT2D eigenvalue weighted by Crippen LogP contribution is -2.26. The average molecular weight is 225 g/mol. The molecule has 0 atom stereocenters. The second kappa shape index (κ2) is 5.28. The van der Waals surface area contributed by atoms with Crippen LogP contribution in [0.1, 0.15) is 5.56 Å². The number of phenols is 1. The predicted octanol–water partition coefficient (Wildman–Crippen LogP) is 0.568. The summed E-state index contributed by atoms with van der Waals surface area (Å²) < 4.78 is 4.93. The summed E-state index contributed by atoms with van der Waals surface area (Å²) in [6.07, 6.45) is 1.40. The number of hydrogen-bond acceptors (Lipinski definition) is 4. The number of rotatable bonds is 2. The Morgan fingerprint density at radius 3 is 3.00 bits per heavy atom. The van der Waals surface area contributed by atoms with Crippen molar-refractivity contribution in [2.75, 3.05) is 7.11 Å². The highest BCUT2D eigenvalue weighted by Gasteiger charge is 2.04. The number of ether oxygens (including phenoxy) is 1. The van der Waals surface area contributed by atoms with E-state index in [9.17, 15) is 5.11 Å². The Bertz CT molecular complexity index is 393. The first-order chi connectivity index (χ1) is 7.19. The molecule has 1 aromatic rings. The van der Waals surface area contributed by atoms with E-state index in [-0.39, 0.29) is 10.9 Å². The highest BCUT2D eigenvalue weighted by molar-refractivity contribution is 7.80. The molecule has 15 heavy (non-hydrogen) atoms. The molecule has 0 heterocycles. The van der Waals surface area contributed by atoms with Crippen LogP contribution in [0.2, 0.25) is 0 Å². The van der Waals surface area contributed by atoms with E-state index in [1.165, 1.54) is 13.3 Å². The van der Waals surface area contributed by atoms with Crippen LogP contribution in [-0.4, -0.2) is 23.5 Å². The lowest BCUT2D eigenvalue weighted by Gasteiger charge is -2.04. The van der Waals surface area contributed by atoms with Gasteiger partial charge in [-0.1, -0.05) is 6.07 Å². The van der Waals surface area contributed by atoms with E-state index in [0.29, 0.717) is 11.3 Å². The minimum absolute atomic E-state index is 0.0172. The van der Waals surface area contributed by atoms with Crippen LogP contribution in [0.3, 0.4) is 0 Å². The van der Waals surface area contributed by atoms with Crippen molar-refractivity contribution in [1.29, 1.82) is 0 Å². The molecule has 0 bridgehead atoms. The molecule has 0 aliphatic carbocycles. The van der Waals surface area contributed by atoms with Gasteiger partial charge in [-0.05, 0) is 24.4 Å². The van der Waals surface area contributed by atoms with Gasteiger partial charge in [-0.25, -0.2) is 10.8 Å². The minimum Gasteiger partial charge on any atom is -0.504 e. The number of para-hydroxylation sites is 1. The highest BCUT2D eigenvalue weighted by Crippen LogP contribution is 2.27. The molecule has 6 heteroatoms. The Hall–Kier alpha value is -1.66. The molecule has 1 rings (SSSR count). The molecule has 0 spiro atoms. The third kappa shape index (κ3) is 2.90. The van der Waals surface area contributed by atoms with Crippen molar-refractivity contribution < 1.29 is 9.84 Å². The maximum absolute atomic E-state index is 9.66. The van der Waals surface area contributed by atoms with Crippen LogP contribution in [0.15, 0.2) is 23.2 Å². The fraction of sp³-hybridized carbons (Fsp3) is 0.111. The quantitative estimate of drug-likeness (QED) is 0.297. The number of nitrogens with two attached hydrogens (primary N) is 1. The van der Waals surface area contributed by atoms with Gasteiger partial charge in [-0.15, -0.1) is 0 Å². The van der Waals surface area contributed by atoms with Gasteiger partial charge in [0.1, 0.15) is 0 Å². The van der Waals surface area contributed by atoms with Gasteiger partial charge in [0.05, 0.1) is 7.11 Å². The zero-order valence-electron chi connectivity index (χ0n) is 8.10. The van der Waals surface area contributed by atoms with Crippen LogP contribution in [-0.2, 0) is 0 Å². The predicted molar refractivity (Wildman–Crippen MR) is 62.2 cm³/mol. The number of phenolic OH excluding ortho intramolecular Hbond substituents is 1. The zero-order valence-corrected chi connectivity index (χ0v) is 8.91. The fourth-order valence-electron chi connectivity index (χ4n) is 0.974. The number of hydrazine groups is 1. The average Bonchev–Trinajstić information content (AvgIpc) is 2.27. The van der Waals surface area contributed by atoms with Gasteiger partial charge >= 0.3 is 0 Å². The van der Waals surface area contributed by atoms with Crippen molar-refractivity contribution in [1.82, 2.24) is 5.43 Å². The lowest BCUT2D eigenvalue weighted by atomic mass is 10.2. The molecule has 0 aromatic heterocycles. The van der Waals surface area contributed by atoms with Gasteiger partial charge in [0.2, 0.25) is 5.11 Å². The first-order valence-electron chi connectivity index (χ1n) is 4.09. The summed E-state index contributed by atoms with van der Waals surface area (Å²) in [5, 5.41) is 9.80. The molecule has 0 aliphatic rings. The molecule has 0 radical (unpaired) electrons. The third-order valence-corrected chi connectivity index (χ3v) is 1.92. The molecule has 1 aromatic carbocycles. The third-order valence-electron chi connectivity index (χ3n) is 1.69. The number of benzene rings is 1. The lowest BCUT2D eigenvalue weighted by molar-refractivity contribution is 0.373. The molecular formula is C9H11N3O2S. The molecule has 0 saturated heterocycles. The molecule has 0 amide bonds. The van der Waals surface area contributed by atoms with E-state index in [4.69, 9.17) is 22.8 Å². The number of methoxy groups -OCH3 is 1. The summed E-state index contributed by atoms with van der Waals surface area (Å²) in [4.78, 5) is 3.80. The summed E-state index contributed by atoms with van der Waals surface area (Å²) in [5.41, 5.74) is 2.71. The monoisotopic (exact) mass is 225 g/mol. The second-order valence-electron chi connectivity index (χ2n) is 2.61. The van der Waals surface area contributed by atoms with E-state index in [2.05, 4.69) is 10.4 Å². The molecule has 0 saturated carbocycles. The van der Waals surface area contributed by atoms with E-state index in [0.717, 1.165) is 0 Å². The van der Waals surface area contributed by atoms with Crippen molar-refractivity contribution in [3.8, 4) is 11.5 Å². The molecule has 4 N–H and O–H groups in total. The Balaban J connectivity index is 2.95. The van der Waals surface area contributed by atoms with E-state index in [1.807, 2.05) is 0 Å². The van der Waals surface area contributed by atoms with Crippen LogP contribution < -0.4 is 16.0 Å². The number of aromatic hydroxyl groups is 1. The van der Waals surface area contributed by atoms with Crippen molar-refractivity contribution in [3.63, 3.8) is 0 Å². The van der Waals surface area contributed by atoms with Crippen LogP contribution >= 0.6 is 12.2 Å². The Morgan fingerprint density at radius 2 is 2.40 bits per heavy atom. The summed E-state index contributed by atoms with van der Waals surface area (Å²) in [7, 11) is 1.47. The zero-order chi connectivity index (χ0) is 11.3. The van der Waals surface area contributed by atoms with Gasteiger partial charge in [-0.2, -0.15) is 0 Å². The highest BCUT2D eigenvalue weighted by atomic mass is 32.1. The number of hydrogen-bond donors (Lipinski definition) is 3. The van der Waals surface area contributed by atoms with Gasteiger partial charge in [0.15, 0.2) is 11.5 Å². The Labute approximate surface area is 92.5 Å². The summed E-state index contributed by atoms with van der Waals surface area (Å²) in [6.45, 7) is 0. The Morgan fingerprint density at radius 1 is 1.67 bits per heavy atom. The standard InChI is InChI=1S/C9H11N3O2S/c1-14-7-4-2-3-6(8(7)13)5-11-9(15)12-10/h2-5,13H,10H2,1H3,(H,12,15). The van der Waals surface area contributed by atoms with E-state index < -0.39 is 0 Å². The largest absolute Gasteiger partial charge is 0.504 e. The summed E-state index contributed by atoms with van der Waals surface area (Å²) in [5.74, 6) is 5.44. The van der Waals surface area contributed by atoms with Crippen molar-refractivity contribution in [2.24, 2.45) is 10.8 Å². The van der Waals surface area contributed by atoms with Gasteiger partial charge in [-0.3, -0.25) is 5.43 Å². The van der Waals surface area contributed by atoms with Crippen molar-refractivity contribution in [2.45, 2.75) is 0 Å². The molecule has 5 nitrogen and oxygen atoms in total. The number of aliphatic imine (C=N–C) groups is 1. The van der Waals surface area contributed by atoms with Gasteiger partial charge in [0, 0.05) is 11.8 Å². The molecule has 0 aliphatic heterocycles. The fourth-order valence-corrected chi connectivity index (χ4v) is 1.03. The normalized spacial score (nSPS) is 10.3. The van der Waals surface area contributed by atoms with Crippen LogP contribution in [0, 0.1) is 0 Å². The molecular weight excluding hydrogens is 214 g/mol. The molecule has 0 unspecified atom stereocenters. The SMILES string of the molecule is COc1cccc(C=NC(=S)NN)c1O. The smallest absolute Gasteiger partial charge is 0.207 e.